The van der Waals surface area contributed by atoms with Crippen molar-refractivity contribution in [3.05, 3.63) is 173 Å². The maximum absolute atomic E-state index is 6.64. The molecule has 0 spiro atoms. The Balaban J connectivity index is 0.00000433. The summed E-state index contributed by atoms with van der Waals surface area (Å²) in [5.74, 6) is 1.14. The number of nitrogens with zero attached hydrogens (tertiary/aromatic N) is 5. The van der Waals surface area contributed by atoms with Gasteiger partial charge in [0.2, 0.25) is 0 Å². The second kappa shape index (κ2) is 14.3. The molecule has 5 heterocycles. The van der Waals surface area contributed by atoms with E-state index in [9.17, 15) is 0 Å². The SMILES string of the molecule is Cc1cccc(C)c1-c1ccc2c3ccc(Oc4[c-]c5c(cc4)c4ncccc4n4c(-c6c(C)cccc6C)cnc54)[c-]c3c3nccn3c2c1-c1c(C)cccc1C.[Pt+2]. The number of benzene rings is 6. The minimum Gasteiger partial charge on any atom is -0.497 e. The van der Waals surface area contributed by atoms with Crippen molar-refractivity contribution in [2.24, 2.45) is 0 Å². The Morgan fingerprint density at radius 3 is 1.75 bits per heavy atom. The predicted molar refractivity (Wildman–Crippen MR) is 241 cm³/mol. The smallest absolute Gasteiger partial charge is 0.497 e. The first-order chi connectivity index (χ1) is 28.8. The summed E-state index contributed by atoms with van der Waals surface area (Å²) < 4.78 is 11.1. The standard InChI is InChI=1S/C53H39N5O.Pt/c1-30-11-7-12-31(2)46(30)41-23-22-40-38-20-18-36(27-42(38)52-55-25-26-57(52)51(40)49(41)48-34(5)15-9-16-35(48)6)59-37-19-21-39-43(28-37)53-56-29-45(47-32(3)13-8-14-33(47)4)58(53)44-17-10-24-54-50(39)44;/h7-26,29H,1-6H3;/q-2;+2. The first-order valence-electron chi connectivity index (χ1n) is 20.0. The third-order valence-electron chi connectivity index (χ3n) is 12.1. The normalized spacial score (nSPS) is 11.7. The zero-order chi connectivity index (χ0) is 40.1. The molecule has 6 nitrogen and oxygen atoms in total. The molecule has 0 unspecified atom stereocenters. The molecule has 11 rings (SSSR count). The maximum Gasteiger partial charge on any atom is 2.00 e. The number of aromatic nitrogens is 5. The van der Waals surface area contributed by atoms with Gasteiger partial charge in [0.05, 0.1) is 28.0 Å². The van der Waals surface area contributed by atoms with E-state index in [4.69, 9.17) is 19.7 Å². The van der Waals surface area contributed by atoms with E-state index in [1.165, 1.54) is 61.2 Å². The van der Waals surface area contributed by atoms with E-state index in [0.717, 1.165) is 60.5 Å². The van der Waals surface area contributed by atoms with Gasteiger partial charge in [0.1, 0.15) is 0 Å². The van der Waals surface area contributed by atoms with Gasteiger partial charge in [0.15, 0.2) is 0 Å². The average Bonchev–Trinajstić information content (AvgIpc) is 3.90. The van der Waals surface area contributed by atoms with Crippen molar-refractivity contribution < 1.29 is 25.8 Å². The van der Waals surface area contributed by atoms with Gasteiger partial charge < -0.3 is 13.5 Å². The molecule has 7 heteroatoms. The van der Waals surface area contributed by atoms with E-state index < -0.39 is 0 Å². The van der Waals surface area contributed by atoms with Gasteiger partial charge in [-0.1, -0.05) is 113 Å². The molecular weight excluding hydrogens is 918 g/mol. The molecule has 5 aromatic heterocycles. The summed E-state index contributed by atoms with van der Waals surface area (Å²) in [7, 11) is 0. The first-order valence-corrected chi connectivity index (χ1v) is 20.0. The van der Waals surface area contributed by atoms with Crippen molar-refractivity contribution >= 4 is 54.8 Å². The molecule has 0 aliphatic rings. The molecule has 0 aliphatic heterocycles. The second-order valence-corrected chi connectivity index (χ2v) is 15.8. The van der Waals surface area contributed by atoms with Crippen LogP contribution >= 0.6 is 0 Å². The number of rotatable bonds is 5. The molecule has 0 saturated heterocycles. The number of hydrogen-bond donors (Lipinski definition) is 0. The molecular formula is C53H39N5OPt. The van der Waals surface area contributed by atoms with Gasteiger partial charge in [-0.15, -0.1) is 12.1 Å². The van der Waals surface area contributed by atoms with Crippen LogP contribution < -0.4 is 4.74 Å². The fourth-order valence-corrected chi connectivity index (χ4v) is 9.55. The van der Waals surface area contributed by atoms with Gasteiger partial charge in [-0.2, -0.15) is 0 Å². The number of hydrogen-bond acceptors (Lipinski definition) is 4. The third kappa shape index (κ3) is 5.62. The monoisotopic (exact) mass is 956 g/mol. The zero-order valence-corrected chi connectivity index (χ0v) is 36.4. The van der Waals surface area contributed by atoms with Crippen molar-refractivity contribution in [1.29, 1.82) is 0 Å². The van der Waals surface area contributed by atoms with E-state index in [1.54, 1.807) is 0 Å². The fourth-order valence-electron chi connectivity index (χ4n) is 9.55. The summed E-state index contributed by atoms with van der Waals surface area (Å²) in [6, 6.07) is 43.6. The molecule has 292 valence electrons. The average molecular weight is 957 g/mol. The van der Waals surface area contributed by atoms with Gasteiger partial charge in [0, 0.05) is 52.9 Å². The van der Waals surface area contributed by atoms with Gasteiger partial charge in [-0.05, 0) is 109 Å². The van der Waals surface area contributed by atoms with E-state index in [0.29, 0.717) is 11.5 Å². The summed E-state index contributed by atoms with van der Waals surface area (Å²) in [5.41, 5.74) is 19.1. The van der Waals surface area contributed by atoms with Crippen molar-refractivity contribution in [3.8, 4) is 45.0 Å². The Morgan fingerprint density at radius 2 is 1.08 bits per heavy atom. The number of ether oxygens (including phenoxy) is 1. The van der Waals surface area contributed by atoms with E-state index in [-0.39, 0.29) is 21.1 Å². The molecule has 0 bridgehead atoms. The molecule has 0 radical (unpaired) electrons. The maximum atomic E-state index is 6.64. The largest absolute Gasteiger partial charge is 2.00 e. The van der Waals surface area contributed by atoms with Crippen LogP contribution in [0.4, 0.5) is 0 Å². The first kappa shape index (κ1) is 37.6. The fraction of sp³-hybridized carbons (Fsp3) is 0.113. The van der Waals surface area contributed by atoms with Crippen LogP contribution in [0.15, 0.2) is 128 Å². The van der Waals surface area contributed by atoms with Crippen LogP contribution in [0.3, 0.4) is 0 Å². The summed E-state index contributed by atoms with van der Waals surface area (Å²) in [6.45, 7) is 13.1. The Labute approximate surface area is 362 Å². The van der Waals surface area contributed by atoms with Crippen molar-refractivity contribution in [3.63, 3.8) is 0 Å². The van der Waals surface area contributed by atoms with Crippen LogP contribution in [-0.2, 0) is 21.1 Å². The molecule has 0 amide bonds. The summed E-state index contributed by atoms with van der Waals surface area (Å²) in [6.07, 6.45) is 7.76. The third-order valence-corrected chi connectivity index (χ3v) is 12.1. The quantitative estimate of drug-likeness (QED) is 0.127. The number of pyridine rings is 3. The van der Waals surface area contributed by atoms with Gasteiger partial charge in [-0.3, -0.25) is 15.0 Å². The predicted octanol–water partition coefficient (Wildman–Crippen LogP) is 13.2. The zero-order valence-electron chi connectivity index (χ0n) is 34.1. The number of fused-ring (bicyclic) bond motifs is 12. The molecule has 0 N–H and O–H groups in total. The molecule has 0 aliphatic carbocycles. The minimum atomic E-state index is 0. The number of aryl methyl sites for hydroxylation is 6. The van der Waals surface area contributed by atoms with Crippen LogP contribution in [0, 0.1) is 53.7 Å². The minimum absolute atomic E-state index is 0. The molecule has 11 aromatic rings. The molecule has 0 atom stereocenters. The van der Waals surface area contributed by atoms with E-state index in [2.05, 4.69) is 154 Å². The molecule has 6 aromatic carbocycles. The van der Waals surface area contributed by atoms with Crippen molar-refractivity contribution in [2.75, 3.05) is 0 Å². The molecule has 0 fully saturated rings. The van der Waals surface area contributed by atoms with Gasteiger partial charge in [0.25, 0.3) is 0 Å². The number of imidazole rings is 2. The Kier molecular flexibility index (Phi) is 8.96. The van der Waals surface area contributed by atoms with Gasteiger partial charge >= 0.3 is 21.1 Å². The van der Waals surface area contributed by atoms with Crippen LogP contribution in [-0.4, -0.2) is 23.8 Å². The van der Waals surface area contributed by atoms with E-state index in [1.807, 2.05) is 36.8 Å². The summed E-state index contributed by atoms with van der Waals surface area (Å²) >= 11 is 0. The molecule has 0 saturated carbocycles. The van der Waals surface area contributed by atoms with Crippen LogP contribution in [0.1, 0.15) is 33.4 Å². The Morgan fingerprint density at radius 1 is 0.500 bits per heavy atom. The van der Waals surface area contributed by atoms with Crippen LogP contribution in [0.25, 0.3) is 88.3 Å². The van der Waals surface area contributed by atoms with Crippen LogP contribution in [0.5, 0.6) is 11.5 Å². The topological polar surface area (TPSA) is 56.7 Å². The second-order valence-electron chi connectivity index (χ2n) is 15.8. The van der Waals surface area contributed by atoms with Crippen molar-refractivity contribution in [2.45, 2.75) is 41.5 Å². The summed E-state index contributed by atoms with van der Waals surface area (Å²) in [5, 5.41) is 4.88. The summed E-state index contributed by atoms with van der Waals surface area (Å²) in [4.78, 5) is 14.8. The Bertz CT molecular complexity index is 3500. The Hall–Kier alpha value is -6.62. The van der Waals surface area contributed by atoms with E-state index >= 15 is 0 Å². The van der Waals surface area contributed by atoms with Gasteiger partial charge in [-0.25, -0.2) is 0 Å². The molecule has 60 heavy (non-hydrogen) atoms. The van der Waals surface area contributed by atoms with Crippen LogP contribution in [0.2, 0.25) is 0 Å². The van der Waals surface area contributed by atoms with Crippen molar-refractivity contribution in [1.82, 2.24) is 23.8 Å².